The van der Waals surface area contributed by atoms with Crippen LogP contribution in [-0.2, 0) is 9.53 Å². The van der Waals surface area contributed by atoms with E-state index in [4.69, 9.17) is 4.74 Å². The van der Waals surface area contributed by atoms with Crippen molar-refractivity contribution in [3.05, 3.63) is 0 Å². The Labute approximate surface area is 103 Å². The van der Waals surface area contributed by atoms with Crippen molar-refractivity contribution in [3.8, 4) is 0 Å². The van der Waals surface area contributed by atoms with Crippen LogP contribution in [0.1, 0.15) is 46.5 Å². The van der Waals surface area contributed by atoms with Crippen LogP contribution in [0.2, 0.25) is 0 Å². The van der Waals surface area contributed by atoms with Crippen LogP contribution in [0.15, 0.2) is 0 Å². The van der Waals surface area contributed by atoms with Crippen LogP contribution in [0.4, 0.5) is 0 Å². The number of ketones is 1. The van der Waals surface area contributed by atoms with Crippen molar-refractivity contribution in [2.45, 2.75) is 64.3 Å². The number of hydrogen-bond acceptors (Lipinski definition) is 3. The summed E-state index contributed by atoms with van der Waals surface area (Å²) < 4.78 is 5.71. The molecule has 0 aromatic carbocycles. The summed E-state index contributed by atoms with van der Waals surface area (Å²) in [4.78, 5) is 12.1. The standard InChI is InChI=1S/C14H22O3/c1-13(2)7-8-9(13)6-12-14(3,17-12)11(16)5-4-10(8)15/h8-9,11-12,16H,4-7H2,1-3H3/t8-,9+,11-,12+,14-/m0/s1. The zero-order valence-corrected chi connectivity index (χ0v) is 10.9. The number of aliphatic hydroxyl groups is 1. The van der Waals surface area contributed by atoms with Crippen LogP contribution in [0.25, 0.3) is 0 Å². The van der Waals surface area contributed by atoms with E-state index in [0.717, 1.165) is 12.8 Å². The maximum Gasteiger partial charge on any atom is 0.136 e. The molecule has 3 aliphatic rings. The summed E-state index contributed by atoms with van der Waals surface area (Å²) in [5, 5.41) is 10.1. The number of Topliss-reactive ketones (excluding diaryl/α,β-unsaturated/α-hetero) is 1. The van der Waals surface area contributed by atoms with Gasteiger partial charge in [0.25, 0.3) is 0 Å². The Morgan fingerprint density at radius 2 is 2.06 bits per heavy atom. The summed E-state index contributed by atoms with van der Waals surface area (Å²) in [7, 11) is 0. The summed E-state index contributed by atoms with van der Waals surface area (Å²) in [5.74, 6) is 1.04. The third-order valence-corrected chi connectivity index (χ3v) is 5.42. The minimum Gasteiger partial charge on any atom is -0.390 e. The Kier molecular flexibility index (Phi) is 2.28. The lowest BCUT2D eigenvalue weighted by molar-refractivity contribution is -0.137. The van der Waals surface area contributed by atoms with E-state index in [9.17, 15) is 9.90 Å². The van der Waals surface area contributed by atoms with Crippen molar-refractivity contribution in [3.63, 3.8) is 0 Å². The van der Waals surface area contributed by atoms with Crippen molar-refractivity contribution >= 4 is 5.78 Å². The van der Waals surface area contributed by atoms with Crippen LogP contribution < -0.4 is 0 Å². The summed E-state index contributed by atoms with van der Waals surface area (Å²) in [6.07, 6.45) is 2.72. The van der Waals surface area contributed by atoms with Gasteiger partial charge in [0.2, 0.25) is 0 Å². The third-order valence-electron chi connectivity index (χ3n) is 5.42. The summed E-state index contributed by atoms with van der Waals surface area (Å²) >= 11 is 0. The van der Waals surface area contributed by atoms with E-state index in [2.05, 4.69) is 13.8 Å². The Balaban J connectivity index is 1.83. The molecule has 0 amide bonds. The van der Waals surface area contributed by atoms with Crippen molar-refractivity contribution in [1.29, 1.82) is 0 Å². The van der Waals surface area contributed by atoms with Gasteiger partial charge in [0.15, 0.2) is 0 Å². The van der Waals surface area contributed by atoms with Gasteiger partial charge in [-0.3, -0.25) is 4.79 Å². The monoisotopic (exact) mass is 238 g/mol. The molecule has 1 heterocycles. The maximum atomic E-state index is 12.1. The topological polar surface area (TPSA) is 49.8 Å². The summed E-state index contributed by atoms with van der Waals surface area (Å²) in [5.41, 5.74) is -0.108. The number of carbonyl (C=O) groups excluding carboxylic acids is 1. The highest BCUT2D eigenvalue weighted by Crippen LogP contribution is 2.58. The highest BCUT2D eigenvalue weighted by Gasteiger charge is 2.62. The second-order valence-electron chi connectivity index (χ2n) is 6.95. The summed E-state index contributed by atoms with van der Waals surface area (Å²) in [6.45, 7) is 6.48. The zero-order chi connectivity index (χ0) is 12.4. The molecule has 0 spiro atoms. The van der Waals surface area contributed by atoms with E-state index < -0.39 is 6.10 Å². The minimum atomic E-state index is -0.475. The molecule has 3 nitrogen and oxygen atoms in total. The van der Waals surface area contributed by atoms with E-state index >= 15 is 0 Å². The average molecular weight is 238 g/mol. The number of ether oxygens (including phenoxy) is 1. The van der Waals surface area contributed by atoms with Gasteiger partial charge in [-0.2, -0.15) is 0 Å². The molecule has 1 saturated heterocycles. The number of rotatable bonds is 0. The van der Waals surface area contributed by atoms with Crippen molar-refractivity contribution in [2.75, 3.05) is 0 Å². The zero-order valence-electron chi connectivity index (χ0n) is 10.9. The Bertz CT molecular complexity index is 362. The molecule has 3 fully saturated rings. The molecule has 17 heavy (non-hydrogen) atoms. The molecule has 3 rings (SSSR count). The number of hydrogen-bond donors (Lipinski definition) is 1. The van der Waals surface area contributed by atoms with Crippen molar-refractivity contribution < 1.29 is 14.6 Å². The average Bonchev–Trinajstić information content (AvgIpc) is 2.91. The van der Waals surface area contributed by atoms with Crippen molar-refractivity contribution in [2.24, 2.45) is 17.3 Å². The number of aliphatic hydroxyl groups excluding tert-OH is 1. The molecular formula is C14H22O3. The van der Waals surface area contributed by atoms with E-state index in [1.807, 2.05) is 6.92 Å². The molecule has 2 saturated carbocycles. The number of fused-ring (bicyclic) bond motifs is 2. The first kappa shape index (κ1) is 11.7. The predicted molar refractivity (Wildman–Crippen MR) is 63.5 cm³/mol. The lowest BCUT2D eigenvalue weighted by Crippen LogP contribution is -2.48. The molecule has 0 radical (unpaired) electrons. The molecule has 0 aromatic heterocycles. The molecule has 2 aliphatic carbocycles. The van der Waals surface area contributed by atoms with Gasteiger partial charge in [0.05, 0.1) is 12.2 Å². The predicted octanol–water partition coefficient (Wildman–Crippen LogP) is 1.92. The molecule has 5 atom stereocenters. The van der Waals surface area contributed by atoms with Crippen LogP contribution in [-0.4, -0.2) is 28.7 Å². The van der Waals surface area contributed by atoms with Gasteiger partial charge >= 0.3 is 0 Å². The van der Waals surface area contributed by atoms with E-state index in [1.165, 1.54) is 0 Å². The van der Waals surface area contributed by atoms with E-state index in [-0.39, 0.29) is 23.0 Å². The van der Waals surface area contributed by atoms with Crippen LogP contribution in [0.5, 0.6) is 0 Å². The molecule has 0 aromatic rings. The molecule has 96 valence electrons. The smallest absolute Gasteiger partial charge is 0.136 e. The highest BCUT2D eigenvalue weighted by molar-refractivity contribution is 5.82. The van der Waals surface area contributed by atoms with Gasteiger partial charge < -0.3 is 9.84 Å². The van der Waals surface area contributed by atoms with Crippen LogP contribution in [0.3, 0.4) is 0 Å². The fourth-order valence-corrected chi connectivity index (χ4v) is 3.90. The Morgan fingerprint density at radius 1 is 1.35 bits per heavy atom. The first-order valence-electron chi connectivity index (χ1n) is 6.73. The first-order chi connectivity index (χ1) is 7.84. The van der Waals surface area contributed by atoms with Gasteiger partial charge in [-0.1, -0.05) is 13.8 Å². The van der Waals surface area contributed by atoms with Gasteiger partial charge in [-0.15, -0.1) is 0 Å². The van der Waals surface area contributed by atoms with E-state index in [1.54, 1.807) is 0 Å². The molecule has 0 unspecified atom stereocenters. The van der Waals surface area contributed by atoms with Gasteiger partial charge in [0.1, 0.15) is 11.4 Å². The molecule has 0 bridgehead atoms. The van der Waals surface area contributed by atoms with Crippen LogP contribution in [0, 0.1) is 17.3 Å². The molecule has 1 N–H and O–H groups in total. The molecule has 1 aliphatic heterocycles. The number of epoxide rings is 1. The SMILES string of the molecule is CC1(C)C[C@@H]2C(=O)CC[C@H](O)[C@]3(C)O[C@@H]3C[C@H]21. The van der Waals surface area contributed by atoms with Gasteiger partial charge in [0, 0.05) is 12.3 Å². The third kappa shape index (κ3) is 1.59. The lowest BCUT2D eigenvalue weighted by Gasteiger charge is -2.51. The van der Waals surface area contributed by atoms with Crippen molar-refractivity contribution in [1.82, 2.24) is 0 Å². The molecular weight excluding hydrogens is 216 g/mol. The lowest BCUT2D eigenvalue weighted by atomic mass is 9.53. The second kappa shape index (κ2) is 3.33. The quantitative estimate of drug-likeness (QED) is 0.656. The maximum absolute atomic E-state index is 12.1. The minimum absolute atomic E-state index is 0.162. The Hall–Kier alpha value is -0.410. The highest BCUT2D eigenvalue weighted by atomic mass is 16.6. The fraction of sp³-hybridized carbons (Fsp3) is 0.929. The van der Waals surface area contributed by atoms with E-state index in [0.29, 0.717) is 24.5 Å². The fourth-order valence-electron chi connectivity index (χ4n) is 3.90. The molecule has 3 heteroatoms. The Morgan fingerprint density at radius 3 is 2.71 bits per heavy atom. The second-order valence-corrected chi connectivity index (χ2v) is 6.95. The number of carbonyl (C=O) groups is 1. The first-order valence-corrected chi connectivity index (χ1v) is 6.73. The van der Waals surface area contributed by atoms with Gasteiger partial charge in [-0.05, 0) is 37.5 Å². The van der Waals surface area contributed by atoms with Gasteiger partial charge in [-0.25, -0.2) is 0 Å². The largest absolute Gasteiger partial charge is 0.390 e. The normalized spacial score (nSPS) is 52.4. The summed E-state index contributed by atoms with van der Waals surface area (Å²) in [6, 6.07) is 0. The van der Waals surface area contributed by atoms with Crippen LogP contribution >= 0.6 is 0 Å².